The van der Waals surface area contributed by atoms with E-state index in [-0.39, 0.29) is 37.4 Å². The summed E-state index contributed by atoms with van der Waals surface area (Å²) in [6.45, 7) is 4.84. The molecule has 5 atom stereocenters. The second-order valence-corrected chi connectivity index (χ2v) is 9.97. The summed E-state index contributed by atoms with van der Waals surface area (Å²) in [5, 5.41) is 10.2. The SMILES string of the molecule is CCCN1CC=C[C@@H]2O[C@]34C=CCN(c5c(C)cccc5Cl)C(=O)C3N(CCO)C(=O)[C@@H]4[C@@H]2C1=O. The summed E-state index contributed by atoms with van der Waals surface area (Å²) in [7, 11) is 0. The fourth-order valence-corrected chi connectivity index (χ4v) is 6.50. The van der Waals surface area contributed by atoms with E-state index in [1.807, 2.05) is 44.2 Å². The quantitative estimate of drug-likeness (QED) is 0.625. The molecule has 0 bridgehead atoms. The number of aryl methyl sites for hydroxylation is 1. The highest BCUT2D eigenvalue weighted by molar-refractivity contribution is 6.34. The number of β-amino-alcohol motifs (C(OH)–C–C–N with tert-alkyl or cyclic N) is 1. The standard InChI is InChI=1S/C26H30ClN3O5/c1-3-11-28-12-5-9-18-19(23(28)32)20-24(33)30(14-15-31)22-25(34)29(13-6-10-26(20,22)35-18)21-16(2)7-4-8-17(21)27/h4-10,18-20,22,31H,3,11-15H2,1-2H3/t18-,19+,20-,22?,26-/m0/s1. The lowest BCUT2D eigenvalue weighted by Gasteiger charge is -2.35. The van der Waals surface area contributed by atoms with Gasteiger partial charge < -0.3 is 24.5 Å². The lowest BCUT2D eigenvalue weighted by atomic mass is 9.77. The molecule has 0 radical (unpaired) electrons. The molecular formula is C26H30ClN3O5. The number of fused-ring (bicyclic) bond motifs is 2. The predicted molar refractivity (Wildman–Crippen MR) is 131 cm³/mol. The van der Waals surface area contributed by atoms with Crippen molar-refractivity contribution < 1.29 is 24.2 Å². The monoisotopic (exact) mass is 499 g/mol. The number of halogens is 1. The number of carbonyl (C=O) groups is 3. The van der Waals surface area contributed by atoms with Gasteiger partial charge in [0.05, 0.1) is 35.3 Å². The van der Waals surface area contributed by atoms with E-state index >= 15 is 0 Å². The maximum atomic E-state index is 14.2. The third-order valence-electron chi connectivity index (χ3n) is 7.54. The Morgan fingerprint density at radius 2 is 1.91 bits per heavy atom. The summed E-state index contributed by atoms with van der Waals surface area (Å²) in [5.41, 5.74) is 0.103. The number of amides is 3. The van der Waals surface area contributed by atoms with Crippen LogP contribution in [0.25, 0.3) is 0 Å². The highest BCUT2D eigenvalue weighted by Gasteiger charge is 2.71. The van der Waals surface area contributed by atoms with Crippen LogP contribution in [0.1, 0.15) is 18.9 Å². The van der Waals surface area contributed by atoms with Crippen LogP contribution in [0.2, 0.25) is 5.02 Å². The molecule has 0 aliphatic carbocycles. The maximum Gasteiger partial charge on any atom is 0.253 e. The van der Waals surface area contributed by atoms with Gasteiger partial charge in [-0.25, -0.2) is 0 Å². The number of aliphatic hydroxyl groups excluding tert-OH is 1. The molecule has 186 valence electrons. The van der Waals surface area contributed by atoms with Gasteiger partial charge in [-0.15, -0.1) is 0 Å². The van der Waals surface area contributed by atoms with Crippen molar-refractivity contribution in [3.05, 3.63) is 53.1 Å². The molecule has 5 rings (SSSR count). The Labute approximate surface area is 209 Å². The molecule has 35 heavy (non-hydrogen) atoms. The predicted octanol–water partition coefficient (Wildman–Crippen LogP) is 1.93. The smallest absolute Gasteiger partial charge is 0.253 e. The van der Waals surface area contributed by atoms with Crippen molar-refractivity contribution in [2.24, 2.45) is 11.8 Å². The van der Waals surface area contributed by atoms with E-state index in [1.165, 1.54) is 4.90 Å². The zero-order valence-electron chi connectivity index (χ0n) is 19.9. The Hall–Kier alpha value is -2.68. The molecule has 1 N–H and O–H groups in total. The Morgan fingerprint density at radius 1 is 1.11 bits per heavy atom. The van der Waals surface area contributed by atoms with Crippen molar-refractivity contribution in [3.63, 3.8) is 0 Å². The lowest BCUT2D eigenvalue weighted by Crippen LogP contribution is -2.56. The highest BCUT2D eigenvalue weighted by atomic mass is 35.5. The van der Waals surface area contributed by atoms with Crippen molar-refractivity contribution in [1.82, 2.24) is 9.80 Å². The second kappa shape index (κ2) is 9.08. The van der Waals surface area contributed by atoms with Gasteiger partial charge in [-0.2, -0.15) is 0 Å². The van der Waals surface area contributed by atoms with E-state index < -0.39 is 29.6 Å². The van der Waals surface area contributed by atoms with Crippen LogP contribution < -0.4 is 4.90 Å². The molecule has 4 aliphatic heterocycles. The van der Waals surface area contributed by atoms with Gasteiger partial charge in [0.25, 0.3) is 5.91 Å². The van der Waals surface area contributed by atoms with Crippen molar-refractivity contribution in [2.45, 2.75) is 38.0 Å². The minimum absolute atomic E-state index is 0.0277. The summed E-state index contributed by atoms with van der Waals surface area (Å²) >= 11 is 6.51. The molecule has 4 heterocycles. The summed E-state index contributed by atoms with van der Waals surface area (Å²) in [5.74, 6) is -2.40. The van der Waals surface area contributed by atoms with Gasteiger partial charge in [0, 0.05) is 26.2 Å². The first-order valence-corrected chi connectivity index (χ1v) is 12.5. The molecular weight excluding hydrogens is 470 g/mol. The van der Waals surface area contributed by atoms with Crippen molar-refractivity contribution in [1.29, 1.82) is 0 Å². The average Bonchev–Trinajstić information content (AvgIpc) is 3.13. The van der Waals surface area contributed by atoms with Crippen LogP contribution in [-0.4, -0.2) is 83.2 Å². The third kappa shape index (κ3) is 3.53. The molecule has 3 amide bonds. The number of nitrogens with zero attached hydrogens (tertiary/aromatic N) is 3. The molecule has 1 aromatic carbocycles. The van der Waals surface area contributed by atoms with Crippen LogP contribution in [0.4, 0.5) is 5.69 Å². The summed E-state index contributed by atoms with van der Waals surface area (Å²) in [4.78, 5) is 46.4. The minimum atomic E-state index is -1.31. The molecule has 8 nitrogen and oxygen atoms in total. The number of hydrogen-bond acceptors (Lipinski definition) is 5. The van der Waals surface area contributed by atoms with Crippen LogP contribution in [0.5, 0.6) is 0 Å². The normalized spacial score (nSPS) is 32.0. The number of hydrogen-bond donors (Lipinski definition) is 1. The maximum absolute atomic E-state index is 14.2. The molecule has 2 saturated heterocycles. The average molecular weight is 500 g/mol. The largest absolute Gasteiger partial charge is 0.395 e. The van der Waals surface area contributed by atoms with E-state index in [4.69, 9.17) is 16.3 Å². The molecule has 1 unspecified atom stereocenters. The number of likely N-dealkylation sites (tertiary alicyclic amines) is 1. The van der Waals surface area contributed by atoms with Crippen LogP contribution >= 0.6 is 11.6 Å². The number of para-hydroxylation sites is 1. The van der Waals surface area contributed by atoms with E-state index in [0.29, 0.717) is 23.8 Å². The highest BCUT2D eigenvalue weighted by Crippen LogP contribution is 2.53. The number of aliphatic hydroxyl groups is 1. The molecule has 1 spiro atoms. The van der Waals surface area contributed by atoms with Gasteiger partial charge in [0.15, 0.2) is 0 Å². The number of carbonyl (C=O) groups excluding carboxylic acids is 3. The van der Waals surface area contributed by atoms with Gasteiger partial charge in [0.1, 0.15) is 11.6 Å². The molecule has 9 heteroatoms. The zero-order valence-corrected chi connectivity index (χ0v) is 20.6. The van der Waals surface area contributed by atoms with Crippen molar-refractivity contribution in [3.8, 4) is 0 Å². The van der Waals surface area contributed by atoms with E-state index in [1.54, 1.807) is 21.9 Å². The molecule has 0 aromatic heterocycles. The lowest BCUT2D eigenvalue weighted by molar-refractivity contribution is -0.144. The first-order chi connectivity index (χ1) is 16.9. The molecule has 0 saturated carbocycles. The number of anilines is 1. The minimum Gasteiger partial charge on any atom is -0.395 e. The van der Waals surface area contributed by atoms with Gasteiger partial charge >= 0.3 is 0 Å². The number of benzene rings is 1. The molecule has 4 aliphatic rings. The number of ether oxygens (including phenoxy) is 1. The molecule has 1 aromatic rings. The van der Waals surface area contributed by atoms with Gasteiger partial charge in [-0.3, -0.25) is 14.4 Å². The van der Waals surface area contributed by atoms with Crippen LogP contribution in [0, 0.1) is 18.8 Å². The van der Waals surface area contributed by atoms with E-state index in [9.17, 15) is 19.5 Å². The van der Waals surface area contributed by atoms with Crippen molar-refractivity contribution in [2.75, 3.05) is 37.7 Å². The Morgan fingerprint density at radius 3 is 2.63 bits per heavy atom. The van der Waals surface area contributed by atoms with Gasteiger partial charge in [-0.1, -0.05) is 55.0 Å². The summed E-state index contributed by atoms with van der Waals surface area (Å²) in [6.07, 6.45) is 7.57. The topological polar surface area (TPSA) is 90.4 Å². The van der Waals surface area contributed by atoms with Crippen LogP contribution in [-0.2, 0) is 19.1 Å². The second-order valence-electron chi connectivity index (χ2n) is 9.57. The fraction of sp³-hybridized carbons (Fsp3) is 0.500. The van der Waals surface area contributed by atoms with Crippen LogP contribution in [0.15, 0.2) is 42.5 Å². The third-order valence-corrected chi connectivity index (χ3v) is 7.84. The van der Waals surface area contributed by atoms with Crippen LogP contribution in [0.3, 0.4) is 0 Å². The van der Waals surface area contributed by atoms with Gasteiger partial charge in [0.2, 0.25) is 11.8 Å². The first-order valence-electron chi connectivity index (χ1n) is 12.1. The van der Waals surface area contributed by atoms with Crippen molar-refractivity contribution >= 4 is 35.0 Å². The fourth-order valence-electron chi connectivity index (χ4n) is 6.17. The molecule has 2 fully saturated rings. The zero-order chi connectivity index (χ0) is 24.9. The van der Waals surface area contributed by atoms with Gasteiger partial charge in [-0.05, 0) is 25.0 Å². The summed E-state index contributed by atoms with van der Waals surface area (Å²) < 4.78 is 6.55. The Bertz CT molecular complexity index is 1100. The Kier molecular flexibility index (Phi) is 6.23. The number of rotatable bonds is 5. The summed E-state index contributed by atoms with van der Waals surface area (Å²) in [6, 6.07) is 4.41. The first kappa shape index (κ1) is 24.0. The Balaban J connectivity index is 1.62. The van der Waals surface area contributed by atoms with E-state index in [0.717, 1.165) is 12.0 Å². The van der Waals surface area contributed by atoms with E-state index in [2.05, 4.69) is 0 Å².